The summed E-state index contributed by atoms with van der Waals surface area (Å²) in [5.41, 5.74) is 4.92. The Bertz CT molecular complexity index is 969. The molecule has 1 saturated carbocycles. The minimum atomic E-state index is -0.811. The second kappa shape index (κ2) is 9.58. The molecule has 2 aliphatic rings. The van der Waals surface area contributed by atoms with Crippen LogP contribution < -0.4 is 5.32 Å². The van der Waals surface area contributed by atoms with Crippen molar-refractivity contribution in [1.29, 1.82) is 0 Å². The number of rotatable bonds is 7. The van der Waals surface area contributed by atoms with Gasteiger partial charge in [0, 0.05) is 12.0 Å². The molecular formula is C28H35NO4. The summed E-state index contributed by atoms with van der Waals surface area (Å²) in [7, 11) is 0. The summed E-state index contributed by atoms with van der Waals surface area (Å²) in [6.45, 7) is 6.97. The average molecular weight is 450 g/mol. The molecular weight excluding hydrogens is 414 g/mol. The van der Waals surface area contributed by atoms with E-state index < -0.39 is 12.1 Å². The zero-order valence-electron chi connectivity index (χ0n) is 19.8. The van der Waals surface area contributed by atoms with Gasteiger partial charge in [-0.1, -0.05) is 75.7 Å². The summed E-state index contributed by atoms with van der Waals surface area (Å²) in [5, 5.41) is 12.5. The fraction of sp³-hybridized carbons (Fsp3) is 0.500. The Balaban J connectivity index is 1.41. The molecule has 0 aromatic heterocycles. The summed E-state index contributed by atoms with van der Waals surface area (Å²) in [6, 6.07) is 16.4. The number of fused-ring (bicyclic) bond motifs is 3. The number of carbonyl (C=O) groups excluding carboxylic acids is 1. The van der Waals surface area contributed by atoms with Gasteiger partial charge in [-0.2, -0.15) is 0 Å². The van der Waals surface area contributed by atoms with Crippen molar-refractivity contribution in [3.8, 4) is 11.1 Å². The number of carbonyl (C=O) groups is 2. The Morgan fingerprint density at radius 1 is 1.03 bits per heavy atom. The van der Waals surface area contributed by atoms with E-state index in [9.17, 15) is 14.7 Å². The van der Waals surface area contributed by atoms with Crippen molar-refractivity contribution in [2.75, 3.05) is 6.61 Å². The lowest BCUT2D eigenvalue weighted by Gasteiger charge is -2.42. The maximum Gasteiger partial charge on any atom is 0.407 e. The van der Waals surface area contributed by atoms with Gasteiger partial charge in [-0.25, -0.2) is 4.79 Å². The number of carboxylic acids is 1. The normalized spacial score (nSPS) is 22.3. The van der Waals surface area contributed by atoms with Crippen molar-refractivity contribution >= 4 is 12.1 Å². The number of alkyl carbamates (subject to hydrolysis) is 1. The molecule has 0 radical (unpaired) electrons. The highest BCUT2D eigenvalue weighted by Gasteiger charge is 2.39. The van der Waals surface area contributed by atoms with Gasteiger partial charge in [0.2, 0.25) is 0 Å². The van der Waals surface area contributed by atoms with Crippen molar-refractivity contribution < 1.29 is 19.4 Å². The van der Waals surface area contributed by atoms with Gasteiger partial charge < -0.3 is 15.2 Å². The first-order valence-corrected chi connectivity index (χ1v) is 12.1. The van der Waals surface area contributed by atoms with Crippen LogP contribution in [0.4, 0.5) is 4.79 Å². The van der Waals surface area contributed by atoms with Crippen LogP contribution >= 0.6 is 0 Å². The molecule has 176 valence electrons. The van der Waals surface area contributed by atoms with Gasteiger partial charge >= 0.3 is 12.1 Å². The molecule has 2 aliphatic carbocycles. The van der Waals surface area contributed by atoms with Crippen LogP contribution in [-0.2, 0) is 9.53 Å². The molecule has 2 N–H and O–H groups in total. The maximum absolute atomic E-state index is 12.8. The van der Waals surface area contributed by atoms with E-state index >= 15 is 0 Å². The van der Waals surface area contributed by atoms with Gasteiger partial charge in [0.25, 0.3) is 0 Å². The molecule has 0 heterocycles. The number of ether oxygens (including phenoxy) is 1. The smallest absolute Gasteiger partial charge is 0.407 e. The molecule has 0 aliphatic heterocycles. The summed E-state index contributed by atoms with van der Waals surface area (Å²) in [6.07, 6.45) is 3.28. The van der Waals surface area contributed by atoms with Crippen LogP contribution in [-0.4, -0.2) is 29.8 Å². The SMILES string of the molecule is CCC(C)(C)C1CCC(NC(=O)OCC2c3ccccc3-c3ccccc32)C(CC(=O)O)C1. The average Bonchev–Trinajstić information content (AvgIpc) is 3.12. The minimum absolute atomic E-state index is 0.0130. The highest BCUT2D eigenvalue weighted by atomic mass is 16.5. The Morgan fingerprint density at radius 2 is 1.64 bits per heavy atom. The lowest BCUT2D eigenvalue weighted by molar-refractivity contribution is -0.139. The van der Waals surface area contributed by atoms with Gasteiger partial charge in [-0.3, -0.25) is 4.79 Å². The summed E-state index contributed by atoms with van der Waals surface area (Å²) >= 11 is 0. The van der Waals surface area contributed by atoms with Crippen LogP contribution in [0.25, 0.3) is 11.1 Å². The van der Waals surface area contributed by atoms with Crippen LogP contribution in [0, 0.1) is 17.3 Å². The van der Waals surface area contributed by atoms with Gasteiger partial charge in [0.05, 0.1) is 6.42 Å². The fourth-order valence-corrected chi connectivity index (χ4v) is 5.69. The zero-order chi connectivity index (χ0) is 23.6. The third kappa shape index (κ3) is 4.92. The molecule has 2 aromatic carbocycles. The van der Waals surface area contributed by atoms with Crippen molar-refractivity contribution in [1.82, 2.24) is 5.32 Å². The molecule has 5 nitrogen and oxygen atoms in total. The second-order valence-electron chi connectivity index (χ2n) is 10.3. The third-order valence-corrected chi connectivity index (χ3v) is 8.08. The molecule has 3 atom stereocenters. The number of benzene rings is 2. The molecule has 3 unspecified atom stereocenters. The van der Waals surface area contributed by atoms with Crippen molar-refractivity contribution in [3.63, 3.8) is 0 Å². The van der Waals surface area contributed by atoms with E-state index in [1.807, 2.05) is 24.3 Å². The predicted octanol–water partition coefficient (Wildman–Crippen LogP) is 6.22. The van der Waals surface area contributed by atoms with E-state index in [2.05, 4.69) is 50.4 Å². The van der Waals surface area contributed by atoms with E-state index in [1.165, 1.54) is 22.3 Å². The van der Waals surface area contributed by atoms with E-state index in [1.54, 1.807) is 0 Å². The molecule has 0 bridgehead atoms. The number of amides is 1. The first kappa shape index (κ1) is 23.3. The van der Waals surface area contributed by atoms with Crippen molar-refractivity contribution in [2.45, 2.75) is 64.8 Å². The molecule has 33 heavy (non-hydrogen) atoms. The Hall–Kier alpha value is -2.82. The van der Waals surface area contributed by atoms with Crippen molar-refractivity contribution in [2.24, 2.45) is 17.3 Å². The maximum atomic E-state index is 12.8. The summed E-state index contributed by atoms with van der Waals surface area (Å²) < 4.78 is 5.71. The summed E-state index contributed by atoms with van der Waals surface area (Å²) in [4.78, 5) is 24.3. The molecule has 4 rings (SSSR count). The predicted molar refractivity (Wildman–Crippen MR) is 129 cm³/mol. The quantitative estimate of drug-likeness (QED) is 0.526. The number of hydrogen-bond donors (Lipinski definition) is 2. The van der Waals surface area contributed by atoms with E-state index in [-0.39, 0.29) is 36.3 Å². The molecule has 1 amide bonds. The standard InChI is InChI=1S/C28H35NO4/c1-4-28(2,3)19-13-14-25(18(15-19)16-26(30)31)29-27(32)33-17-24-22-11-7-5-9-20(22)21-10-6-8-12-23(21)24/h5-12,18-19,24-25H,4,13-17H2,1-3H3,(H,29,32)(H,30,31). The number of hydrogen-bond acceptors (Lipinski definition) is 3. The number of carboxylic acid groups (broad SMARTS) is 1. The first-order chi connectivity index (χ1) is 15.8. The Kier molecular flexibility index (Phi) is 6.78. The van der Waals surface area contributed by atoms with E-state index in [0.29, 0.717) is 5.92 Å². The van der Waals surface area contributed by atoms with E-state index in [0.717, 1.165) is 25.7 Å². The number of aliphatic carboxylic acids is 1. The minimum Gasteiger partial charge on any atom is -0.481 e. The highest BCUT2D eigenvalue weighted by molar-refractivity contribution is 5.79. The molecule has 5 heteroatoms. The van der Waals surface area contributed by atoms with E-state index in [4.69, 9.17) is 4.74 Å². The van der Waals surface area contributed by atoms with Crippen LogP contribution in [0.3, 0.4) is 0 Å². The van der Waals surface area contributed by atoms with Crippen LogP contribution in [0.2, 0.25) is 0 Å². The third-order valence-electron chi connectivity index (χ3n) is 8.08. The lowest BCUT2D eigenvalue weighted by Crippen LogP contribution is -2.46. The molecule has 1 fully saturated rings. The van der Waals surface area contributed by atoms with Gasteiger partial charge in [0.15, 0.2) is 0 Å². The molecule has 0 saturated heterocycles. The zero-order valence-corrected chi connectivity index (χ0v) is 19.8. The topological polar surface area (TPSA) is 75.6 Å². The van der Waals surface area contributed by atoms with Crippen LogP contribution in [0.15, 0.2) is 48.5 Å². The van der Waals surface area contributed by atoms with Gasteiger partial charge in [-0.15, -0.1) is 0 Å². The van der Waals surface area contributed by atoms with Gasteiger partial charge in [0.1, 0.15) is 6.61 Å². The highest BCUT2D eigenvalue weighted by Crippen LogP contribution is 2.45. The Labute approximate surface area is 196 Å². The first-order valence-electron chi connectivity index (χ1n) is 12.1. The lowest BCUT2D eigenvalue weighted by atomic mass is 9.65. The van der Waals surface area contributed by atoms with Crippen LogP contribution in [0.1, 0.15) is 69.9 Å². The fourth-order valence-electron chi connectivity index (χ4n) is 5.69. The largest absolute Gasteiger partial charge is 0.481 e. The summed E-state index contributed by atoms with van der Waals surface area (Å²) in [5.74, 6) is -0.409. The van der Waals surface area contributed by atoms with Crippen LogP contribution in [0.5, 0.6) is 0 Å². The second-order valence-corrected chi connectivity index (χ2v) is 10.3. The molecule has 2 aromatic rings. The molecule has 0 spiro atoms. The number of nitrogens with one attached hydrogen (secondary N) is 1. The van der Waals surface area contributed by atoms with Crippen molar-refractivity contribution in [3.05, 3.63) is 59.7 Å². The van der Waals surface area contributed by atoms with Gasteiger partial charge in [-0.05, 0) is 58.8 Å². The Morgan fingerprint density at radius 3 is 2.21 bits per heavy atom. The monoisotopic (exact) mass is 449 g/mol.